The number of hydrogen-bond donors (Lipinski definition) is 1. The number of hydrogen-bond acceptors (Lipinski definition) is 2. The van der Waals surface area contributed by atoms with E-state index in [1.165, 1.54) is 32.1 Å². The fourth-order valence-corrected chi connectivity index (χ4v) is 6.69. The number of aliphatic hydroxyl groups is 1. The number of carbonyl (C=O) groups excluding carboxylic acids is 1. The van der Waals surface area contributed by atoms with Crippen LogP contribution in [0.2, 0.25) is 0 Å². The predicted molar refractivity (Wildman–Crippen MR) is 82.7 cm³/mol. The van der Waals surface area contributed by atoms with E-state index in [1.807, 2.05) is 6.92 Å². The van der Waals surface area contributed by atoms with Crippen LogP contribution in [0.5, 0.6) is 0 Å². The average Bonchev–Trinajstić information content (AvgIpc) is 2.73. The Labute approximate surface area is 128 Å². The molecule has 6 atom stereocenters. The van der Waals surface area contributed by atoms with Crippen molar-refractivity contribution in [2.45, 2.75) is 70.8 Å². The first kappa shape index (κ1) is 14.0. The van der Waals surface area contributed by atoms with Crippen molar-refractivity contribution in [2.24, 2.45) is 29.1 Å². The maximum absolute atomic E-state index is 12.5. The molecule has 3 saturated carbocycles. The van der Waals surface area contributed by atoms with Gasteiger partial charge in [-0.2, -0.15) is 0 Å². The molecule has 0 heterocycles. The lowest BCUT2D eigenvalue weighted by atomic mass is 9.48. The quantitative estimate of drug-likeness (QED) is 0.687. The monoisotopic (exact) mass is 288 g/mol. The van der Waals surface area contributed by atoms with Gasteiger partial charge in [0.15, 0.2) is 0 Å². The highest BCUT2D eigenvalue weighted by Gasteiger charge is 2.62. The van der Waals surface area contributed by atoms with Crippen molar-refractivity contribution in [2.75, 3.05) is 0 Å². The van der Waals surface area contributed by atoms with Gasteiger partial charge >= 0.3 is 0 Å². The molecule has 3 fully saturated rings. The van der Waals surface area contributed by atoms with Gasteiger partial charge in [-0.3, -0.25) is 4.79 Å². The average molecular weight is 288 g/mol. The maximum Gasteiger partial charge on any atom is 0.139 e. The summed E-state index contributed by atoms with van der Waals surface area (Å²) in [6, 6.07) is 0. The summed E-state index contributed by atoms with van der Waals surface area (Å²) in [6.07, 6.45) is 11.1. The Morgan fingerprint density at radius 2 is 2.00 bits per heavy atom. The Hall–Kier alpha value is -0.630. The zero-order chi connectivity index (χ0) is 14.8. The van der Waals surface area contributed by atoms with Crippen molar-refractivity contribution >= 4 is 5.78 Å². The summed E-state index contributed by atoms with van der Waals surface area (Å²) in [7, 11) is 0. The lowest BCUT2D eigenvalue weighted by Gasteiger charge is -2.58. The van der Waals surface area contributed by atoms with Gasteiger partial charge in [0.05, 0.1) is 5.60 Å². The number of Topliss-reactive ketones (excluding diaryl/α,β-unsaturated/α-hetero) is 1. The van der Waals surface area contributed by atoms with Crippen LogP contribution in [0.25, 0.3) is 0 Å². The van der Waals surface area contributed by atoms with E-state index in [4.69, 9.17) is 0 Å². The van der Waals surface area contributed by atoms with Gasteiger partial charge in [-0.25, -0.2) is 0 Å². The van der Waals surface area contributed by atoms with Gasteiger partial charge in [0.25, 0.3) is 0 Å². The van der Waals surface area contributed by atoms with Crippen molar-refractivity contribution in [1.29, 1.82) is 0 Å². The molecule has 4 aliphatic carbocycles. The van der Waals surface area contributed by atoms with Crippen LogP contribution in [0, 0.1) is 29.1 Å². The van der Waals surface area contributed by atoms with Crippen molar-refractivity contribution in [1.82, 2.24) is 0 Å². The zero-order valence-electron chi connectivity index (χ0n) is 13.4. The van der Waals surface area contributed by atoms with Gasteiger partial charge in [0.1, 0.15) is 5.78 Å². The summed E-state index contributed by atoms with van der Waals surface area (Å²) in [5, 5.41) is 11.3. The highest BCUT2D eigenvalue weighted by atomic mass is 16.3. The molecule has 0 saturated heterocycles. The molecular weight excluding hydrogens is 260 g/mol. The molecule has 116 valence electrons. The van der Waals surface area contributed by atoms with E-state index in [9.17, 15) is 9.90 Å². The molecule has 21 heavy (non-hydrogen) atoms. The molecule has 6 unspecified atom stereocenters. The smallest absolute Gasteiger partial charge is 0.139 e. The minimum Gasteiger partial charge on any atom is -0.390 e. The van der Waals surface area contributed by atoms with E-state index in [0.29, 0.717) is 35.9 Å². The number of carbonyl (C=O) groups is 1. The van der Waals surface area contributed by atoms with Crippen molar-refractivity contribution < 1.29 is 9.90 Å². The van der Waals surface area contributed by atoms with E-state index in [0.717, 1.165) is 12.8 Å². The lowest BCUT2D eigenvalue weighted by Crippen LogP contribution is -2.58. The van der Waals surface area contributed by atoms with Crippen molar-refractivity contribution in [3.63, 3.8) is 0 Å². The van der Waals surface area contributed by atoms with E-state index < -0.39 is 5.60 Å². The van der Waals surface area contributed by atoms with Crippen LogP contribution in [0.3, 0.4) is 0 Å². The van der Waals surface area contributed by atoms with Crippen molar-refractivity contribution in [3.05, 3.63) is 11.6 Å². The third-order valence-corrected chi connectivity index (χ3v) is 7.36. The highest BCUT2D eigenvalue weighted by Crippen LogP contribution is 2.63. The summed E-state index contributed by atoms with van der Waals surface area (Å²) in [6.45, 7) is 4.17. The van der Waals surface area contributed by atoms with E-state index in [1.54, 1.807) is 5.57 Å². The molecule has 2 heteroatoms. The molecule has 0 aromatic heterocycles. The number of fused-ring (bicyclic) bond motifs is 5. The Balaban J connectivity index is 1.75. The fourth-order valence-electron chi connectivity index (χ4n) is 6.69. The van der Waals surface area contributed by atoms with E-state index in [-0.39, 0.29) is 5.41 Å². The molecule has 0 aromatic rings. The Morgan fingerprint density at radius 3 is 2.81 bits per heavy atom. The minimum absolute atomic E-state index is 0.249. The molecule has 4 rings (SSSR count). The molecule has 0 aromatic carbocycles. The summed E-state index contributed by atoms with van der Waals surface area (Å²) in [5.41, 5.74) is 0.702. The van der Waals surface area contributed by atoms with Crippen LogP contribution in [0.1, 0.15) is 65.2 Å². The van der Waals surface area contributed by atoms with Gasteiger partial charge in [-0.15, -0.1) is 0 Å². The Morgan fingerprint density at radius 1 is 1.19 bits per heavy atom. The second-order valence-corrected chi connectivity index (χ2v) is 8.56. The van der Waals surface area contributed by atoms with Crippen LogP contribution < -0.4 is 0 Å². The normalized spacial score (nSPS) is 52.7. The van der Waals surface area contributed by atoms with Crippen LogP contribution in [-0.2, 0) is 4.79 Å². The molecule has 2 nitrogen and oxygen atoms in total. The van der Waals surface area contributed by atoms with Crippen LogP contribution in [0.4, 0.5) is 0 Å². The Bertz CT molecular complexity index is 504. The molecular formula is C19H28O2. The zero-order valence-corrected chi connectivity index (χ0v) is 13.4. The summed E-state index contributed by atoms with van der Waals surface area (Å²) >= 11 is 0. The number of rotatable bonds is 0. The second-order valence-electron chi connectivity index (χ2n) is 8.56. The Kier molecular flexibility index (Phi) is 2.96. The summed E-state index contributed by atoms with van der Waals surface area (Å²) in [5.74, 6) is 2.48. The molecule has 1 N–H and O–H groups in total. The first-order chi connectivity index (χ1) is 9.93. The first-order valence-electron chi connectivity index (χ1n) is 8.88. The van der Waals surface area contributed by atoms with Gasteiger partial charge in [-0.05, 0) is 75.5 Å². The lowest BCUT2D eigenvalue weighted by molar-refractivity contribution is -0.164. The molecule has 0 radical (unpaired) electrons. The third kappa shape index (κ3) is 1.84. The standard InChI is InChI=1S/C19H28O2/c1-18-11-19(2,21)17-13-6-4-3-5-12(13)7-8-14(17)15(18)9-10-16(18)20/h5,13-15,17,21H,3-4,6-11H2,1-2H3. The van der Waals surface area contributed by atoms with Crippen LogP contribution in [-0.4, -0.2) is 16.5 Å². The molecule has 0 bridgehead atoms. The number of ketones is 1. The van der Waals surface area contributed by atoms with E-state index >= 15 is 0 Å². The van der Waals surface area contributed by atoms with Gasteiger partial charge in [0, 0.05) is 11.8 Å². The van der Waals surface area contributed by atoms with Gasteiger partial charge in [-0.1, -0.05) is 18.6 Å². The third-order valence-electron chi connectivity index (χ3n) is 7.36. The highest BCUT2D eigenvalue weighted by molar-refractivity contribution is 5.87. The maximum atomic E-state index is 12.5. The van der Waals surface area contributed by atoms with Crippen molar-refractivity contribution in [3.8, 4) is 0 Å². The number of allylic oxidation sites excluding steroid dienone is 2. The van der Waals surface area contributed by atoms with E-state index in [2.05, 4.69) is 13.0 Å². The minimum atomic E-state index is -0.669. The van der Waals surface area contributed by atoms with Crippen LogP contribution in [0.15, 0.2) is 11.6 Å². The largest absolute Gasteiger partial charge is 0.390 e. The molecule has 0 aliphatic heterocycles. The van der Waals surface area contributed by atoms with Crippen LogP contribution >= 0.6 is 0 Å². The fraction of sp³-hybridized carbons (Fsp3) is 0.842. The molecule has 0 spiro atoms. The second kappa shape index (κ2) is 4.44. The topological polar surface area (TPSA) is 37.3 Å². The molecule has 4 aliphatic rings. The van der Waals surface area contributed by atoms with Gasteiger partial charge < -0.3 is 5.11 Å². The van der Waals surface area contributed by atoms with Gasteiger partial charge in [0.2, 0.25) is 0 Å². The summed E-state index contributed by atoms with van der Waals surface area (Å²) < 4.78 is 0. The summed E-state index contributed by atoms with van der Waals surface area (Å²) in [4.78, 5) is 12.5. The first-order valence-corrected chi connectivity index (χ1v) is 8.88. The SMILES string of the molecule is CC1(O)CC2(C)C(=O)CCC2C2CCC3=CCCCC3C21. The predicted octanol–water partition coefficient (Wildman–Crippen LogP) is 3.88. The molecule has 0 amide bonds.